The summed E-state index contributed by atoms with van der Waals surface area (Å²) < 4.78 is 29.2. The number of ether oxygens (including phenoxy) is 3. The maximum Gasteiger partial charge on any atom is 0.337 e. The van der Waals surface area contributed by atoms with E-state index in [1.54, 1.807) is 37.3 Å². The third-order valence-corrected chi connectivity index (χ3v) is 5.58. The predicted octanol–water partition coefficient (Wildman–Crippen LogP) is 5.45. The third kappa shape index (κ3) is 7.30. The van der Waals surface area contributed by atoms with Crippen molar-refractivity contribution in [3.8, 4) is 11.5 Å². The van der Waals surface area contributed by atoms with Crippen molar-refractivity contribution in [3.05, 3.63) is 95.5 Å². The first-order valence-corrected chi connectivity index (χ1v) is 11.4. The summed E-state index contributed by atoms with van der Waals surface area (Å²) in [6.07, 6.45) is 7.14. The number of methoxy groups -OCH3 is 2. The molecule has 0 saturated heterocycles. The molecule has 1 amide bonds. The lowest BCUT2D eigenvalue weighted by atomic mass is 10.1. The Morgan fingerprint density at radius 2 is 1.80 bits per heavy atom. The number of rotatable bonds is 11. The molecule has 6 nitrogen and oxygen atoms in total. The van der Waals surface area contributed by atoms with Crippen LogP contribution in [0.3, 0.4) is 0 Å². The fourth-order valence-corrected chi connectivity index (χ4v) is 3.48. The standard InChI is InChI=1S/C28H30FNO5/c1-5-22(11-6-19(2)35-26-16-24(29)14-15-25(26)33-3)27(31)30(17-20-7-8-20)18-21-9-12-23(13-10-21)28(32)34-4/h5-6,9-16,20H,2,7-8,17-18H2,1,3-4H3. The van der Waals surface area contributed by atoms with Gasteiger partial charge in [-0.2, -0.15) is 0 Å². The number of allylic oxidation sites excluding steroid dienone is 2. The Hall–Kier alpha value is -3.87. The molecule has 0 N–H and O–H groups in total. The van der Waals surface area contributed by atoms with E-state index in [0.717, 1.165) is 18.4 Å². The zero-order valence-corrected chi connectivity index (χ0v) is 20.3. The summed E-state index contributed by atoms with van der Waals surface area (Å²) in [5.41, 5.74) is 1.85. The normalized spacial score (nSPS) is 13.4. The lowest BCUT2D eigenvalue weighted by molar-refractivity contribution is -0.127. The Morgan fingerprint density at radius 1 is 1.09 bits per heavy atom. The first-order valence-electron chi connectivity index (χ1n) is 11.4. The van der Waals surface area contributed by atoms with Gasteiger partial charge < -0.3 is 19.1 Å². The molecular formula is C28H30FNO5. The smallest absolute Gasteiger partial charge is 0.337 e. The molecule has 0 spiro atoms. The highest BCUT2D eigenvalue weighted by Crippen LogP contribution is 2.31. The van der Waals surface area contributed by atoms with Crippen molar-refractivity contribution in [2.45, 2.75) is 26.3 Å². The van der Waals surface area contributed by atoms with Crippen LogP contribution in [0, 0.1) is 11.7 Å². The SMILES string of the molecule is C=C(C=CC(=CC)C(=O)N(Cc1ccc(C(=O)OC)cc1)CC1CC1)Oc1cc(F)ccc1OC. The molecule has 1 aliphatic rings. The summed E-state index contributed by atoms with van der Waals surface area (Å²) in [6.45, 7) is 6.70. The highest BCUT2D eigenvalue weighted by molar-refractivity contribution is 5.96. The van der Waals surface area contributed by atoms with E-state index in [9.17, 15) is 14.0 Å². The number of benzene rings is 2. The molecule has 1 saturated carbocycles. The number of esters is 1. The Bertz CT molecular complexity index is 1130. The average molecular weight is 480 g/mol. The van der Waals surface area contributed by atoms with Crippen molar-refractivity contribution in [1.82, 2.24) is 4.90 Å². The zero-order chi connectivity index (χ0) is 25.4. The lowest BCUT2D eigenvalue weighted by Crippen LogP contribution is -2.33. The summed E-state index contributed by atoms with van der Waals surface area (Å²) in [5, 5.41) is 0. The van der Waals surface area contributed by atoms with Crippen molar-refractivity contribution < 1.29 is 28.2 Å². The van der Waals surface area contributed by atoms with Gasteiger partial charge in [0.25, 0.3) is 5.91 Å². The fourth-order valence-electron chi connectivity index (χ4n) is 3.48. The first-order chi connectivity index (χ1) is 16.8. The minimum absolute atomic E-state index is 0.121. The molecule has 7 heteroatoms. The van der Waals surface area contributed by atoms with Gasteiger partial charge in [-0.1, -0.05) is 24.8 Å². The highest BCUT2D eigenvalue weighted by atomic mass is 19.1. The molecule has 0 heterocycles. The van der Waals surface area contributed by atoms with Gasteiger partial charge in [-0.25, -0.2) is 9.18 Å². The van der Waals surface area contributed by atoms with Crippen molar-refractivity contribution in [3.63, 3.8) is 0 Å². The third-order valence-electron chi connectivity index (χ3n) is 5.58. The molecule has 2 aromatic rings. The van der Waals surface area contributed by atoms with Crippen LogP contribution in [0.15, 0.2) is 78.6 Å². The average Bonchev–Trinajstić information content (AvgIpc) is 3.68. The summed E-state index contributed by atoms with van der Waals surface area (Å²) >= 11 is 0. The molecule has 1 fully saturated rings. The maximum absolute atomic E-state index is 13.6. The number of halogens is 1. The van der Waals surface area contributed by atoms with Gasteiger partial charge in [0.15, 0.2) is 11.5 Å². The van der Waals surface area contributed by atoms with Crippen LogP contribution in [0.2, 0.25) is 0 Å². The van der Waals surface area contributed by atoms with Crippen LogP contribution in [0.1, 0.15) is 35.7 Å². The lowest BCUT2D eigenvalue weighted by Gasteiger charge is -2.23. The summed E-state index contributed by atoms with van der Waals surface area (Å²) in [4.78, 5) is 26.9. The van der Waals surface area contributed by atoms with E-state index < -0.39 is 11.8 Å². The minimum atomic E-state index is -0.461. The van der Waals surface area contributed by atoms with E-state index in [1.807, 2.05) is 17.0 Å². The number of carbonyl (C=O) groups excluding carboxylic acids is 2. The number of hydrogen-bond donors (Lipinski definition) is 0. The summed E-state index contributed by atoms with van der Waals surface area (Å²) in [5.74, 6) is 0.309. The second-order valence-corrected chi connectivity index (χ2v) is 8.26. The first kappa shape index (κ1) is 25.7. The van der Waals surface area contributed by atoms with Crippen LogP contribution < -0.4 is 9.47 Å². The molecule has 35 heavy (non-hydrogen) atoms. The Kier molecular flexibility index (Phi) is 8.84. The van der Waals surface area contributed by atoms with Gasteiger partial charge in [-0.15, -0.1) is 0 Å². The van der Waals surface area contributed by atoms with Crippen molar-refractivity contribution in [1.29, 1.82) is 0 Å². The van der Waals surface area contributed by atoms with Gasteiger partial charge in [0, 0.05) is 24.7 Å². The summed E-state index contributed by atoms with van der Waals surface area (Å²) in [6, 6.07) is 11.0. The highest BCUT2D eigenvalue weighted by Gasteiger charge is 2.27. The number of nitrogens with zero attached hydrogens (tertiary/aromatic N) is 1. The fraction of sp³-hybridized carbons (Fsp3) is 0.286. The Labute approximate surface area is 205 Å². The maximum atomic E-state index is 13.6. The van der Waals surface area contributed by atoms with Gasteiger partial charge in [-0.3, -0.25) is 4.79 Å². The second kappa shape index (κ2) is 12.0. The molecule has 0 unspecified atom stereocenters. The topological polar surface area (TPSA) is 65.1 Å². The number of carbonyl (C=O) groups is 2. The number of hydrogen-bond acceptors (Lipinski definition) is 5. The molecule has 1 aliphatic carbocycles. The molecule has 0 aliphatic heterocycles. The van der Waals surface area contributed by atoms with Crippen LogP contribution in [-0.2, 0) is 16.1 Å². The van der Waals surface area contributed by atoms with E-state index in [1.165, 1.54) is 32.4 Å². The zero-order valence-electron chi connectivity index (χ0n) is 20.3. The van der Waals surface area contributed by atoms with Gasteiger partial charge in [0.2, 0.25) is 0 Å². The molecule has 184 valence electrons. The van der Waals surface area contributed by atoms with E-state index in [2.05, 4.69) is 6.58 Å². The largest absolute Gasteiger partial charge is 0.493 e. The van der Waals surface area contributed by atoms with E-state index in [0.29, 0.717) is 35.9 Å². The molecule has 0 aromatic heterocycles. The van der Waals surface area contributed by atoms with Crippen molar-refractivity contribution in [2.75, 3.05) is 20.8 Å². The molecular weight excluding hydrogens is 449 g/mol. The van der Waals surface area contributed by atoms with Crippen LogP contribution in [0.4, 0.5) is 4.39 Å². The Balaban J connectivity index is 1.70. The van der Waals surface area contributed by atoms with Crippen molar-refractivity contribution in [2.24, 2.45) is 5.92 Å². The van der Waals surface area contributed by atoms with Gasteiger partial charge in [0.1, 0.15) is 11.6 Å². The van der Waals surface area contributed by atoms with Gasteiger partial charge >= 0.3 is 5.97 Å². The van der Waals surface area contributed by atoms with Crippen molar-refractivity contribution >= 4 is 11.9 Å². The predicted molar refractivity (Wildman–Crippen MR) is 132 cm³/mol. The minimum Gasteiger partial charge on any atom is -0.493 e. The number of amides is 1. The molecule has 0 radical (unpaired) electrons. The van der Waals surface area contributed by atoms with Gasteiger partial charge in [-0.05, 0) is 67.7 Å². The van der Waals surface area contributed by atoms with E-state index in [4.69, 9.17) is 14.2 Å². The molecule has 3 rings (SSSR count). The van der Waals surface area contributed by atoms with Crippen LogP contribution in [-0.4, -0.2) is 37.5 Å². The monoisotopic (exact) mass is 479 g/mol. The molecule has 2 aromatic carbocycles. The van der Waals surface area contributed by atoms with Crippen LogP contribution in [0.25, 0.3) is 0 Å². The second-order valence-electron chi connectivity index (χ2n) is 8.26. The molecule has 0 atom stereocenters. The molecule has 0 bridgehead atoms. The van der Waals surface area contributed by atoms with Crippen LogP contribution >= 0.6 is 0 Å². The summed E-state index contributed by atoms with van der Waals surface area (Å²) in [7, 11) is 2.81. The van der Waals surface area contributed by atoms with E-state index >= 15 is 0 Å². The van der Waals surface area contributed by atoms with Crippen LogP contribution in [0.5, 0.6) is 11.5 Å². The Morgan fingerprint density at radius 3 is 2.40 bits per heavy atom. The van der Waals surface area contributed by atoms with E-state index in [-0.39, 0.29) is 17.4 Å². The van der Waals surface area contributed by atoms with Gasteiger partial charge in [0.05, 0.1) is 19.8 Å². The quantitative estimate of drug-likeness (QED) is 0.185.